The van der Waals surface area contributed by atoms with Gasteiger partial charge in [0.1, 0.15) is 11.6 Å². The molecule has 0 radical (unpaired) electrons. The molecular formula is C16H15F2NO. The monoisotopic (exact) mass is 275 g/mol. The molecule has 2 nitrogen and oxygen atoms in total. The molecule has 0 aromatic heterocycles. The summed E-state index contributed by atoms with van der Waals surface area (Å²) in [7, 11) is 0. The van der Waals surface area contributed by atoms with Gasteiger partial charge >= 0.3 is 0 Å². The summed E-state index contributed by atoms with van der Waals surface area (Å²) < 4.78 is 27.0. The fourth-order valence-electron chi connectivity index (χ4n) is 2.99. The van der Waals surface area contributed by atoms with Crippen LogP contribution in [0.15, 0.2) is 42.5 Å². The summed E-state index contributed by atoms with van der Waals surface area (Å²) in [4.78, 5) is 0. The highest BCUT2D eigenvalue weighted by molar-refractivity contribution is 5.41. The second kappa shape index (κ2) is 4.65. The fraction of sp³-hybridized carbons (Fsp3) is 0.250. The molecule has 0 spiro atoms. The van der Waals surface area contributed by atoms with E-state index in [-0.39, 0.29) is 18.0 Å². The van der Waals surface area contributed by atoms with Gasteiger partial charge in [-0.05, 0) is 41.3 Å². The van der Waals surface area contributed by atoms with Crippen LogP contribution in [0.2, 0.25) is 0 Å². The molecule has 0 aliphatic heterocycles. The summed E-state index contributed by atoms with van der Waals surface area (Å²) in [5, 5.41) is 10.8. The van der Waals surface area contributed by atoms with E-state index in [1.165, 1.54) is 0 Å². The lowest BCUT2D eigenvalue weighted by Crippen LogP contribution is -2.27. The summed E-state index contributed by atoms with van der Waals surface area (Å²) in [6, 6.07) is 10.3. The van der Waals surface area contributed by atoms with Crippen molar-refractivity contribution in [3.8, 4) is 0 Å². The van der Waals surface area contributed by atoms with Crippen LogP contribution in [-0.2, 0) is 12.0 Å². The van der Waals surface area contributed by atoms with Crippen molar-refractivity contribution in [1.29, 1.82) is 0 Å². The van der Waals surface area contributed by atoms with Crippen LogP contribution < -0.4 is 5.73 Å². The van der Waals surface area contributed by atoms with Crippen molar-refractivity contribution in [3.63, 3.8) is 0 Å². The topological polar surface area (TPSA) is 46.2 Å². The zero-order valence-corrected chi connectivity index (χ0v) is 10.8. The molecular weight excluding hydrogens is 260 g/mol. The maximum absolute atomic E-state index is 13.8. The molecule has 1 aliphatic carbocycles. The lowest BCUT2D eigenvalue weighted by molar-refractivity contribution is 0.0333. The van der Waals surface area contributed by atoms with Gasteiger partial charge in [-0.15, -0.1) is 0 Å². The predicted molar refractivity (Wildman–Crippen MR) is 71.9 cm³/mol. The van der Waals surface area contributed by atoms with Gasteiger partial charge in [-0.1, -0.05) is 24.3 Å². The average molecular weight is 275 g/mol. The number of rotatable bonds is 2. The lowest BCUT2D eigenvalue weighted by atomic mass is 9.88. The minimum absolute atomic E-state index is 0.0152. The third kappa shape index (κ3) is 2.11. The molecule has 0 bridgehead atoms. The molecule has 20 heavy (non-hydrogen) atoms. The Morgan fingerprint density at radius 2 is 1.95 bits per heavy atom. The van der Waals surface area contributed by atoms with Crippen molar-refractivity contribution in [1.82, 2.24) is 0 Å². The third-order valence-electron chi connectivity index (χ3n) is 3.91. The van der Waals surface area contributed by atoms with Crippen LogP contribution >= 0.6 is 0 Å². The molecule has 104 valence electrons. The lowest BCUT2D eigenvalue weighted by Gasteiger charge is -2.24. The molecule has 0 amide bonds. The van der Waals surface area contributed by atoms with Crippen LogP contribution in [0.4, 0.5) is 8.78 Å². The van der Waals surface area contributed by atoms with E-state index in [9.17, 15) is 13.9 Å². The van der Waals surface area contributed by atoms with Crippen molar-refractivity contribution >= 4 is 0 Å². The number of aliphatic hydroxyl groups is 1. The summed E-state index contributed by atoms with van der Waals surface area (Å²) in [5.74, 6) is -1.03. The summed E-state index contributed by atoms with van der Waals surface area (Å²) in [6.45, 7) is 0. The number of fused-ring (bicyclic) bond motifs is 1. The van der Waals surface area contributed by atoms with E-state index in [1.807, 2.05) is 18.2 Å². The van der Waals surface area contributed by atoms with Crippen molar-refractivity contribution in [3.05, 3.63) is 70.8 Å². The largest absolute Gasteiger partial charge is 0.385 e. The molecule has 2 aromatic rings. The Balaban J connectivity index is 2.01. The van der Waals surface area contributed by atoms with Gasteiger partial charge in [0.05, 0.1) is 5.60 Å². The summed E-state index contributed by atoms with van der Waals surface area (Å²) >= 11 is 0. The number of nitrogens with two attached hydrogens (primary N) is 1. The zero-order chi connectivity index (χ0) is 14.3. The Hall–Kier alpha value is -1.78. The normalized spacial score (nSPS) is 24.7. The first kappa shape index (κ1) is 13.2. The van der Waals surface area contributed by atoms with Crippen LogP contribution in [0.25, 0.3) is 0 Å². The van der Waals surface area contributed by atoms with E-state index in [4.69, 9.17) is 5.73 Å². The van der Waals surface area contributed by atoms with E-state index < -0.39 is 17.2 Å². The highest BCUT2D eigenvalue weighted by Gasteiger charge is 2.41. The Morgan fingerprint density at radius 3 is 2.75 bits per heavy atom. The zero-order valence-electron chi connectivity index (χ0n) is 10.8. The quantitative estimate of drug-likeness (QED) is 0.885. The van der Waals surface area contributed by atoms with Gasteiger partial charge in [-0.25, -0.2) is 8.78 Å². The molecule has 2 aromatic carbocycles. The maximum atomic E-state index is 13.8. The number of hydrogen-bond donors (Lipinski definition) is 2. The Bertz CT molecular complexity index is 659. The minimum atomic E-state index is -1.25. The van der Waals surface area contributed by atoms with E-state index in [0.717, 1.165) is 23.8 Å². The molecule has 4 heteroatoms. The van der Waals surface area contributed by atoms with Crippen molar-refractivity contribution < 1.29 is 13.9 Å². The number of benzene rings is 2. The van der Waals surface area contributed by atoms with E-state index in [1.54, 1.807) is 6.07 Å². The Morgan fingerprint density at radius 1 is 1.20 bits per heavy atom. The van der Waals surface area contributed by atoms with Gasteiger partial charge < -0.3 is 10.8 Å². The fourth-order valence-corrected chi connectivity index (χ4v) is 2.99. The molecule has 3 rings (SSSR count). The molecule has 1 aliphatic rings. The van der Waals surface area contributed by atoms with Crippen molar-refractivity contribution in [2.75, 3.05) is 0 Å². The van der Waals surface area contributed by atoms with Gasteiger partial charge in [0.15, 0.2) is 0 Å². The number of halogens is 2. The van der Waals surface area contributed by atoms with Crippen LogP contribution in [0.3, 0.4) is 0 Å². The van der Waals surface area contributed by atoms with Crippen LogP contribution in [0.1, 0.15) is 29.2 Å². The van der Waals surface area contributed by atoms with Crippen LogP contribution in [0, 0.1) is 11.6 Å². The average Bonchev–Trinajstić information content (AvgIpc) is 2.67. The van der Waals surface area contributed by atoms with Gasteiger partial charge in [0.2, 0.25) is 0 Å². The molecule has 0 heterocycles. The highest BCUT2D eigenvalue weighted by atomic mass is 19.1. The number of hydrogen-bond acceptors (Lipinski definition) is 2. The first-order chi connectivity index (χ1) is 9.49. The van der Waals surface area contributed by atoms with Crippen LogP contribution in [0.5, 0.6) is 0 Å². The predicted octanol–water partition coefficient (Wildman–Crippen LogP) is 2.80. The molecule has 0 saturated heterocycles. The first-order valence-corrected chi connectivity index (χ1v) is 6.51. The van der Waals surface area contributed by atoms with Crippen molar-refractivity contribution in [2.45, 2.75) is 24.5 Å². The second-order valence-electron chi connectivity index (χ2n) is 5.34. The van der Waals surface area contributed by atoms with E-state index in [0.29, 0.717) is 12.0 Å². The van der Waals surface area contributed by atoms with Gasteiger partial charge in [-0.2, -0.15) is 0 Å². The molecule has 0 fully saturated rings. The van der Waals surface area contributed by atoms with Gasteiger partial charge in [0.25, 0.3) is 0 Å². The van der Waals surface area contributed by atoms with E-state index >= 15 is 0 Å². The van der Waals surface area contributed by atoms with E-state index in [2.05, 4.69) is 0 Å². The maximum Gasteiger partial charge on any atom is 0.126 e. The standard InChI is InChI=1S/C16H15F2NO/c17-11-5-6-14(18)10(7-11)8-16(20)9-15(19)12-3-1-2-4-13(12)16/h1-7,15,20H,8-9,19H2. The SMILES string of the molecule is NC1CC(O)(Cc2cc(F)ccc2F)c2ccccc21. The third-order valence-corrected chi connectivity index (χ3v) is 3.91. The van der Waals surface area contributed by atoms with Crippen LogP contribution in [-0.4, -0.2) is 5.11 Å². The second-order valence-corrected chi connectivity index (χ2v) is 5.34. The smallest absolute Gasteiger partial charge is 0.126 e. The van der Waals surface area contributed by atoms with Gasteiger partial charge in [0, 0.05) is 12.5 Å². The molecule has 2 unspecified atom stereocenters. The minimum Gasteiger partial charge on any atom is -0.385 e. The molecule has 0 saturated carbocycles. The highest BCUT2D eigenvalue weighted by Crippen LogP contribution is 2.44. The van der Waals surface area contributed by atoms with Crippen molar-refractivity contribution in [2.24, 2.45) is 5.73 Å². The summed E-state index contributed by atoms with van der Waals surface area (Å²) in [5.41, 5.74) is 6.51. The molecule has 2 atom stereocenters. The summed E-state index contributed by atoms with van der Waals surface area (Å²) in [6.07, 6.45) is 0.323. The molecule has 3 N–H and O–H groups in total. The first-order valence-electron chi connectivity index (χ1n) is 6.51. The Kier molecular flexibility index (Phi) is 3.07. The van der Waals surface area contributed by atoms with Gasteiger partial charge in [-0.3, -0.25) is 0 Å². The Labute approximate surface area is 115 Å².